The summed E-state index contributed by atoms with van der Waals surface area (Å²) in [6.07, 6.45) is 1.48. The highest BCUT2D eigenvalue weighted by molar-refractivity contribution is 5.87. The zero-order valence-corrected chi connectivity index (χ0v) is 8.93. The van der Waals surface area contributed by atoms with Crippen LogP contribution < -0.4 is 0 Å². The first kappa shape index (κ1) is 10.7. The molecule has 1 aromatic heterocycles. The molecule has 1 aromatic carbocycles. The standard InChI is InChI=1S/C12H13NO3/c1-8(16-7-15)10-5-13-11-4-2-3-9(6-14)12(10)11/h2-5,7-8,13-14H,6H2,1H3. The molecule has 0 spiro atoms. The van der Waals surface area contributed by atoms with Crippen molar-refractivity contribution < 1.29 is 14.6 Å². The summed E-state index contributed by atoms with van der Waals surface area (Å²) in [5, 5.41) is 10.2. The number of nitrogens with one attached hydrogen (secondary N) is 1. The maximum Gasteiger partial charge on any atom is 0.293 e. The van der Waals surface area contributed by atoms with Gasteiger partial charge in [-0.05, 0) is 18.6 Å². The predicted molar refractivity (Wildman–Crippen MR) is 59.8 cm³/mol. The van der Waals surface area contributed by atoms with Gasteiger partial charge in [-0.25, -0.2) is 0 Å². The molecule has 0 aliphatic rings. The maximum absolute atomic E-state index is 10.3. The minimum Gasteiger partial charge on any atom is -0.460 e. The third-order valence-corrected chi connectivity index (χ3v) is 2.69. The average molecular weight is 219 g/mol. The van der Waals surface area contributed by atoms with Gasteiger partial charge in [-0.1, -0.05) is 12.1 Å². The molecule has 2 N–H and O–H groups in total. The van der Waals surface area contributed by atoms with E-state index in [-0.39, 0.29) is 12.7 Å². The lowest BCUT2D eigenvalue weighted by atomic mass is 10.0. The van der Waals surface area contributed by atoms with Gasteiger partial charge in [0.25, 0.3) is 6.47 Å². The van der Waals surface area contributed by atoms with Crippen molar-refractivity contribution in [1.82, 2.24) is 4.98 Å². The molecule has 0 radical (unpaired) electrons. The van der Waals surface area contributed by atoms with Crippen LogP contribution in [0.4, 0.5) is 0 Å². The Labute approximate surface area is 92.9 Å². The van der Waals surface area contributed by atoms with Crippen LogP contribution in [0.15, 0.2) is 24.4 Å². The van der Waals surface area contributed by atoms with Crippen LogP contribution in [0.25, 0.3) is 10.9 Å². The summed E-state index contributed by atoms with van der Waals surface area (Å²) < 4.78 is 4.91. The van der Waals surface area contributed by atoms with E-state index in [1.165, 1.54) is 0 Å². The highest BCUT2D eigenvalue weighted by Crippen LogP contribution is 2.28. The number of benzene rings is 1. The number of fused-ring (bicyclic) bond motifs is 1. The van der Waals surface area contributed by atoms with Crippen LogP contribution >= 0.6 is 0 Å². The number of carbonyl (C=O) groups excluding carboxylic acids is 1. The van der Waals surface area contributed by atoms with Gasteiger partial charge < -0.3 is 14.8 Å². The predicted octanol–water partition coefficient (Wildman–Crippen LogP) is 1.89. The molecule has 0 saturated carbocycles. The number of aromatic nitrogens is 1. The first-order chi connectivity index (χ1) is 7.77. The second kappa shape index (κ2) is 4.37. The monoisotopic (exact) mass is 219 g/mol. The van der Waals surface area contributed by atoms with E-state index in [9.17, 15) is 9.90 Å². The van der Waals surface area contributed by atoms with Crippen LogP contribution in [-0.2, 0) is 16.1 Å². The number of aromatic amines is 1. The molecule has 84 valence electrons. The van der Waals surface area contributed by atoms with Crippen LogP contribution in [0.5, 0.6) is 0 Å². The lowest BCUT2D eigenvalue weighted by Crippen LogP contribution is -1.98. The van der Waals surface area contributed by atoms with Crippen LogP contribution in [0.1, 0.15) is 24.2 Å². The maximum atomic E-state index is 10.3. The van der Waals surface area contributed by atoms with E-state index in [0.717, 1.165) is 22.0 Å². The number of carbonyl (C=O) groups is 1. The van der Waals surface area contributed by atoms with Crippen LogP contribution in [-0.4, -0.2) is 16.6 Å². The molecule has 0 amide bonds. The quantitative estimate of drug-likeness (QED) is 0.772. The molecule has 0 aliphatic carbocycles. The number of H-pyrrole nitrogens is 1. The van der Waals surface area contributed by atoms with E-state index in [2.05, 4.69) is 4.98 Å². The highest BCUT2D eigenvalue weighted by atomic mass is 16.5. The summed E-state index contributed by atoms with van der Waals surface area (Å²) in [5.74, 6) is 0. The van der Waals surface area contributed by atoms with E-state index >= 15 is 0 Å². The minimum absolute atomic E-state index is 0.0317. The second-order valence-corrected chi connectivity index (χ2v) is 3.62. The smallest absolute Gasteiger partial charge is 0.293 e. The fraction of sp³-hybridized carbons (Fsp3) is 0.250. The summed E-state index contributed by atoms with van der Waals surface area (Å²) in [7, 11) is 0. The number of ether oxygens (including phenoxy) is 1. The number of rotatable bonds is 4. The van der Waals surface area contributed by atoms with Crippen molar-refractivity contribution in [2.75, 3.05) is 0 Å². The lowest BCUT2D eigenvalue weighted by molar-refractivity contribution is -0.133. The summed E-state index contributed by atoms with van der Waals surface area (Å²) in [6, 6.07) is 5.65. The van der Waals surface area contributed by atoms with Crippen LogP contribution in [0.3, 0.4) is 0 Å². The van der Waals surface area contributed by atoms with Crippen molar-refractivity contribution in [3.05, 3.63) is 35.5 Å². The second-order valence-electron chi connectivity index (χ2n) is 3.62. The Hall–Kier alpha value is -1.81. The molecule has 0 bridgehead atoms. The SMILES string of the molecule is CC(OC=O)c1c[nH]c2cccc(CO)c12. The number of hydrogen-bond donors (Lipinski definition) is 2. The zero-order chi connectivity index (χ0) is 11.5. The molecular formula is C12H13NO3. The summed E-state index contributed by atoms with van der Waals surface area (Å²) in [5.41, 5.74) is 2.64. The first-order valence-electron chi connectivity index (χ1n) is 5.06. The third-order valence-electron chi connectivity index (χ3n) is 2.69. The number of hydrogen-bond acceptors (Lipinski definition) is 3. The molecular weight excluding hydrogens is 206 g/mol. The highest BCUT2D eigenvalue weighted by Gasteiger charge is 2.14. The van der Waals surface area contributed by atoms with E-state index in [1.807, 2.05) is 18.2 Å². The van der Waals surface area contributed by atoms with Gasteiger partial charge >= 0.3 is 0 Å². The van der Waals surface area contributed by atoms with E-state index < -0.39 is 0 Å². The van der Waals surface area contributed by atoms with Gasteiger partial charge in [0.1, 0.15) is 6.10 Å². The van der Waals surface area contributed by atoms with Gasteiger partial charge in [-0.15, -0.1) is 0 Å². The Morgan fingerprint density at radius 2 is 2.38 bits per heavy atom. The zero-order valence-electron chi connectivity index (χ0n) is 8.93. The molecule has 16 heavy (non-hydrogen) atoms. The molecule has 1 heterocycles. The van der Waals surface area contributed by atoms with Crippen molar-refractivity contribution in [1.29, 1.82) is 0 Å². The number of aliphatic hydroxyl groups is 1. The van der Waals surface area contributed by atoms with Crippen LogP contribution in [0.2, 0.25) is 0 Å². The average Bonchev–Trinajstić information content (AvgIpc) is 2.72. The molecule has 0 saturated heterocycles. The molecule has 0 aliphatic heterocycles. The van der Waals surface area contributed by atoms with Gasteiger partial charge in [0.05, 0.1) is 6.61 Å². The van der Waals surface area contributed by atoms with Crippen molar-refractivity contribution >= 4 is 17.4 Å². The molecule has 4 nitrogen and oxygen atoms in total. The Balaban J connectivity index is 2.57. The Kier molecular flexibility index (Phi) is 2.92. The lowest BCUT2D eigenvalue weighted by Gasteiger charge is -2.09. The summed E-state index contributed by atoms with van der Waals surface area (Å²) >= 11 is 0. The Morgan fingerprint density at radius 1 is 1.56 bits per heavy atom. The van der Waals surface area contributed by atoms with Crippen molar-refractivity contribution in [2.45, 2.75) is 19.6 Å². The van der Waals surface area contributed by atoms with Gasteiger partial charge in [0, 0.05) is 22.7 Å². The largest absolute Gasteiger partial charge is 0.460 e. The molecule has 1 atom stereocenters. The summed E-state index contributed by atoms with van der Waals surface area (Å²) in [6.45, 7) is 2.20. The molecule has 0 fully saturated rings. The Bertz CT molecular complexity index is 504. The molecule has 2 aromatic rings. The fourth-order valence-corrected chi connectivity index (χ4v) is 1.90. The van der Waals surface area contributed by atoms with Crippen LogP contribution in [0, 0.1) is 0 Å². The molecule has 2 rings (SSSR count). The van der Waals surface area contributed by atoms with E-state index in [4.69, 9.17) is 4.74 Å². The fourth-order valence-electron chi connectivity index (χ4n) is 1.90. The summed E-state index contributed by atoms with van der Waals surface area (Å²) in [4.78, 5) is 13.4. The van der Waals surface area contributed by atoms with Crippen molar-refractivity contribution in [3.63, 3.8) is 0 Å². The normalized spacial score (nSPS) is 12.6. The van der Waals surface area contributed by atoms with Gasteiger partial charge in [0.15, 0.2) is 0 Å². The van der Waals surface area contributed by atoms with Gasteiger partial charge in [-0.2, -0.15) is 0 Å². The van der Waals surface area contributed by atoms with Crippen molar-refractivity contribution in [2.24, 2.45) is 0 Å². The van der Waals surface area contributed by atoms with Gasteiger partial charge in [-0.3, -0.25) is 4.79 Å². The minimum atomic E-state index is -0.320. The molecule has 4 heteroatoms. The van der Waals surface area contributed by atoms with Gasteiger partial charge in [0.2, 0.25) is 0 Å². The molecule has 1 unspecified atom stereocenters. The topological polar surface area (TPSA) is 62.3 Å². The number of aliphatic hydroxyl groups excluding tert-OH is 1. The van der Waals surface area contributed by atoms with Crippen molar-refractivity contribution in [3.8, 4) is 0 Å². The Morgan fingerprint density at radius 3 is 3.06 bits per heavy atom. The third kappa shape index (κ3) is 1.67. The van der Waals surface area contributed by atoms with E-state index in [1.54, 1.807) is 13.1 Å². The van der Waals surface area contributed by atoms with E-state index in [0.29, 0.717) is 6.47 Å². The first-order valence-corrected chi connectivity index (χ1v) is 5.06.